The maximum absolute atomic E-state index is 14.4. The Morgan fingerprint density at radius 1 is 0.556 bits per heavy atom. The van der Waals surface area contributed by atoms with E-state index in [0.29, 0.717) is 43.5 Å². The van der Waals surface area contributed by atoms with E-state index in [1.807, 2.05) is 131 Å². The lowest BCUT2D eigenvalue weighted by Gasteiger charge is -2.29. The molecule has 0 unspecified atom stereocenters. The predicted octanol–water partition coefficient (Wildman–Crippen LogP) is 13.0. The summed E-state index contributed by atoms with van der Waals surface area (Å²) in [7, 11) is 0. The molecule has 0 spiro atoms. The number of carbonyl (C=O) groups is 8. The number of rotatable bonds is 12. The number of hydrogen-bond acceptors (Lipinski definition) is 14. The quantitative estimate of drug-likeness (QED) is 0.0759. The highest BCUT2D eigenvalue weighted by Crippen LogP contribution is 2.58. The number of fused-ring (bicyclic) bond motifs is 6. The second-order valence-corrected chi connectivity index (χ2v) is 30.0. The SMILES string of the molecule is CC(C)(C)OC(=O)C[C@H]1CCCCC/C=C\[C@@H]2C[C@@]2(C(=O)O)CC(=O)[C@@H]2C[C@@H](O)CN2C1=O.CC(C)(C)OC(=O)C[C@H]1CCCCC/C=C\[C@@H]2C[C@@]2(C(=O)O)CC(=O)[C@@H]2C[C@@H](Oc3nc4ccccc4n3Cc3ccccc3)CN2C1=O.Clc1nc2ccccc2n1Cc1ccccc1. The summed E-state index contributed by atoms with van der Waals surface area (Å²) >= 11 is 6.17. The summed E-state index contributed by atoms with van der Waals surface area (Å²) in [5.41, 5.74) is 2.31. The van der Waals surface area contributed by atoms with Crippen molar-refractivity contribution < 1.29 is 67.9 Å². The number of allylic oxidation sites excluding steroid dienone is 4. The molecule has 6 aliphatic rings. The first kappa shape index (κ1) is 73.2. The monoisotopic (exact) mass is 1370 g/mol. The molecule has 12 rings (SSSR count). The third kappa shape index (κ3) is 18.7. The Bertz CT molecular complexity index is 3950. The Balaban J connectivity index is 0.000000181. The molecule has 6 aromatic rings. The Labute approximate surface area is 584 Å². The topological polar surface area (TPSA) is 267 Å². The zero-order chi connectivity index (χ0) is 70.8. The summed E-state index contributed by atoms with van der Waals surface area (Å²) in [5.74, 6) is -5.85. The molecule has 3 N–H and O–H groups in total. The molecule has 4 fully saturated rings. The van der Waals surface area contributed by atoms with Crippen LogP contribution in [-0.4, -0.2) is 140 Å². The van der Waals surface area contributed by atoms with Crippen LogP contribution in [0.15, 0.2) is 133 Å². The van der Waals surface area contributed by atoms with Gasteiger partial charge in [-0.15, -0.1) is 0 Å². The lowest BCUT2D eigenvalue weighted by molar-refractivity contribution is -0.159. The Morgan fingerprint density at radius 3 is 1.47 bits per heavy atom. The van der Waals surface area contributed by atoms with Gasteiger partial charge in [-0.3, -0.25) is 42.9 Å². The largest absolute Gasteiger partial charge is 0.481 e. The van der Waals surface area contributed by atoms with Crippen LogP contribution >= 0.6 is 11.6 Å². The summed E-state index contributed by atoms with van der Waals surface area (Å²) < 4.78 is 21.6. The second kappa shape index (κ2) is 31.8. The van der Waals surface area contributed by atoms with Gasteiger partial charge in [-0.1, -0.05) is 135 Å². The van der Waals surface area contributed by atoms with Gasteiger partial charge >= 0.3 is 23.9 Å². The summed E-state index contributed by atoms with van der Waals surface area (Å²) in [6.45, 7) is 12.1. The minimum absolute atomic E-state index is 0.0173. The number of nitrogens with zero attached hydrogens (tertiary/aromatic N) is 6. The lowest BCUT2D eigenvalue weighted by atomic mass is 9.91. The normalized spacial score (nSPS) is 26.7. The van der Waals surface area contributed by atoms with Gasteiger partial charge in [-0.05, 0) is 152 Å². The summed E-state index contributed by atoms with van der Waals surface area (Å²) in [6, 6.07) is 34.6. The van der Waals surface area contributed by atoms with Crippen molar-refractivity contribution in [2.75, 3.05) is 13.1 Å². The number of ether oxygens (including phenoxy) is 3. The number of benzene rings is 4. The molecule has 528 valence electrons. The first-order valence-corrected chi connectivity index (χ1v) is 35.5. The highest BCUT2D eigenvalue weighted by molar-refractivity contribution is 6.29. The molecule has 4 aliphatic heterocycles. The molecule has 2 amide bonds. The van der Waals surface area contributed by atoms with Gasteiger partial charge in [0.1, 0.15) is 17.3 Å². The van der Waals surface area contributed by atoms with Crippen LogP contribution in [0.3, 0.4) is 0 Å². The average Bonchev–Trinajstić information content (AvgIpc) is 1.60. The number of carboxylic acids is 2. The highest BCUT2D eigenvalue weighted by Gasteiger charge is 2.62. The Morgan fingerprint density at radius 2 is 0.990 bits per heavy atom. The first-order chi connectivity index (χ1) is 47.2. The number of ketones is 2. The first-order valence-electron chi connectivity index (χ1n) is 35.1. The van der Waals surface area contributed by atoms with Gasteiger partial charge in [0.15, 0.2) is 11.6 Å². The second-order valence-electron chi connectivity index (χ2n) is 29.7. The van der Waals surface area contributed by atoms with Crippen molar-refractivity contribution in [2.24, 2.45) is 34.5 Å². The molecule has 2 aromatic heterocycles. The number of amides is 2. The zero-order valence-electron chi connectivity index (χ0n) is 57.8. The standard InChI is InChI=1S/C39H47N3O7.C25H37NO7.C14H11ClN2/c1-38(2,3)49-34(44)20-27-16-10-5-4-6-11-17-28-22-39(28,36(46)47)23-33(43)32-21-29(25-41(32)35(27)45)48-37-40-30-18-12-13-19-31(30)42(37)24-26-14-8-7-9-15-26;1-24(2,3)33-21(29)11-16-9-7-5-4-6-8-10-17-13-25(17,23(31)32)14-20(28)19-12-18(27)15-26(19)22(16)30;15-14-16-12-8-4-5-9-13(12)17(14)10-11-6-2-1-3-7-11/h7-9,11-15,17-19,27-29,32H,4-6,10,16,20-25H2,1-3H3,(H,46,47);8,10,16-19,27H,4-7,9,11-15H2,1-3H3,(H,31,32);1-9H,10H2/b17-11-;10-8-;/t27-,28-,29-,32+,39-;16-,17-,18-,19+,25-;/m11./s1. The van der Waals surface area contributed by atoms with Gasteiger partial charge in [0, 0.05) is 44.1 Å². The Kier molecular flexibility index (Phi) is 23.5. The molecule has 6 heterocycles. The smallest absolute Gasteiger partial charge is 0.310 e. The van der Waals surface area contributed by atoms with Crippen molar-refractivity contribution in [3.05, 3.63) is 150 Å². The van der Waals surface area contributed by atoms with Crippen molar-refractivity contribution >= 4 is 80.9 Å². The van der Waals surface area contributed by atoms with Crippen LogP contribution in [0, 0.1) is 34.5 Å². The van der Waals surface area contributed by atoms with Gasteiger partial charge in [0.25, 0.3) is 6.01 Å². The van der Waals surface area contributed by atoms with E-state index < -0.39 is 82.0 Å². The number of hydrogen-bond donors (Lipinski definition) is 3. The number of imidazole rings is 2. The third-order valence-electron chi connectivity index (χ3n) is 19.8. The van der Waals surface area contributed by atoms with Crippen LogP contribution in [-0.2, 0) is 60.9 Å². The highest BCUT2D eigenvalue weighted by atomic mass is 35.5. The molecule has 2 saturated heterocycles. The van der Waals surface area contributed by atoms with Crippen molar-refractivity contribution in [3.8, 4) is 6.01 Å². The number of aliphatic hydroxyl groups is 1. The van der Waals surface area contributed by atoms with E-state index in [2.05, 4.69) is 17.1 Å². The van der Waals surface area contributed by atoms with E-state index >= 15 is 0 Å². The van der Waals surface area contributed by atoms with Crippen molar-refractivity contribution in [1.29, 1.82) is 0 Å². The number of carbonyl (C=O) groups excluding carboxylic acids is 6. The molecule has 10 atom stereocenters. The number of aliphatic carboxylic acids is 2. The molecule has 2 aliphatic carbocycles. The number of aliphatic hydroxyl groups excluding tert-OH is 1. The molecule has 2 saturated carbocycles. The van der Waals surface area contributed by atoms with Crippen LogP contribution in [0.4, 0.5) is 0 Å². The molecular formula is C78H95ClN6O14. The van der Waals surface area contributed by atoms with Crippen LogP contribution in [0.25, 0.3) is 22.1 Å². The van der Waals surface area contributed by atoms with E-state index in [9.17, 15) is 53.7 Å². The molecule has 0 radical (unpaired) electrons. The van der Waals surface area contributed by atoms with Crippen LogP contribution in [0.2, 0.25) is 5.28 Å². The number of aromatic nitrogens is 4. The number of Topliss-reactive ketones (excluding diaryl/α,β-unsaturated/α-hetero) is 2. The molecule has 20 nitrogen and oxygen atoms in total. The fourth-order valence-corrected chi connectivity index (χ4v) is 14.7. The molecular weight excluding hydrogens is 1280 g/mol. The summed E-state index contributed by atoms with van der Waals surface area (Å²) in [5, 5.41) is 30.9. The summed E-state index contributed by atoms with van der Waals surface area (Å²) in [4.78, 5) is 117. The van der Waals surface area contributed by atoms with E-state index in [1.54, 1.807) is 46.4 Å². The lowest BCUT2D eigenvalue weighted by Crippen LogP contribution is -2.45. The molecule has 0 bridgehead atoms. The van der Waals surface area contributed by atoms with Gasteiger partial charge in [0.05, 0.1) is 83.6 Å². The third-order valence-corrected chi connectivity index (χ3v) is 20.1. The minimum Gasteiger partial charge on any atom is -0.481 e. The number of esters is 2. The van der Waals surface area contributed by atoms with Gasteiger partial charge in [-0.25, -0.2) is 4.98 Å². The van der Waals surface area contributed by atoms with Crippen LogP contribution in [0.5, 0.6) is 6.01 Å². The van der Waals surface area contributed by atoms with Crippen molar-refractivity contribution in [3.63, 3.8) is 0 Å². The van der Waals surface area contributed by atoms with Crippen molar-refractivity contribution in [2.45, 2.75) is 206 Å². The maximum atomic E-state index is 14.4. The fraction of sp³-hybridized carbons (Fsp3) is 0.513. The number of carboxylic acid groups (broad SMARTS) is 2. The Hall–Kier alpha value is -8.49. The van der Waals surface area contributed by atoms with Gasteiger partial charge in [-0.2, -0.15) is 4.98 Å². The van der Waals surface area contributed by atoms with Gasteiger partial charge < -0.3 is 43.9 Å². The van der Waals surface area contributed by atoms with Gasteiger partial charge in [0.2, 0.25) is 17.1 Å². The maximum Gasteiger partial charge on any atom is 0.310 e. The molecule has 99 heavy (non-hydrogen) atoms. The van der Waals surface area contributed by atoms with Crippen LogP contribution in [0.1, 0.15) is 168 Å². The number of halogens is 1. The minimum atomic E-state index is -1.17. The molecule has 4 aromatic carbocycles. The van der Waals surface area contributed by atoms with E-state index in [-0.39, 0.29) is 86.8 Å². The zero-order valence-corrected chi connectivity index (χ0v) is 58.5. The fourth-order valence-electron chi connectivity index (χ4n) is 14.5. The average molecular weight is 1380 g/mol. The van der Waals surface area contributed by atoms with E-state index in [1.165, 1.54) is 10.5 Å². The number of para-hydroxylation sites is 4. The van der Waals surface area contributed by atoms with Crippen LogP contribution < -0.4 is 4.74 Å². The van der Waals surface area contributed by atoms with Crippen molar-refractivity contribution in [1.82, 2.24) is 28.9 Å². The summed E-state index contributed by atoms with van der Waals surface area (Å²) in [6.07, 6.45) is 14.7. The van der Waals surface area contributed by atoms with E-state index in [0.717, 1.165) is 85.5 Å². The molecule has 21 heteroatoms. The predicted molar refractivity (Wildman–Crippen MR) is 374 cm³/mol. The van der Waals surface area contributed by atoms with E-state index in [4.69, 9.17) is 30.8 Å².